The van der Waals surface area contributed by atoms with Crippen LogP contribution < -0.4 is 14.9 Å². The van der Waals surface area contributed by atoms with Gasteiger partial charge >= 0.3 is 0 Å². The van der Waals surface area contributed by atoms with E-state index in [0.29, 0.717) is 17.1 Å². The van der Waals surface area contributed by atoms with E-state index in [1.54, 1.807) is 18.2 Å². The molecule has 0 fully saturated rings. The summed E-state index contributed by atoms with van der Waals surface area (Å²) >= 11 is 0. The smallest absolute Gasteiger partial charge is 0.260 e. The monoisotopic (exact) mass is 377 g/mol. The van der Waals surface area contributed by atoms with Crippen LogP contribution in [0.4, 0.5) is 0 Å². The molecule has 0 saturated heterocycles. The molecule has 8 heteroatoms. The third kappa shape index (κ3) is 4.27. The minimum atomic E-state index is -0.261. The maximum Gasteiger partial charge on any atom is 0.260 e. The van der Waals surface area contributed by atoms with Crippen molar-refractivity contribution < 1.29 is 14.3 Å². The fraction of sp³-hybridized carbons (Fsp3) is 0.200. The summed E-state index contributed by atoms with van der Waals surface area (Å²) in [6.45, 7) is 1.91. The van der Waals surface area contributed by atoms with Crippen molar-refractivity contribution in [3.63, 3.8) is 0 Å². The minimum Gasteiger partial charge on any atom is -0.493 e. The number of methoxy groups -OCH3 is 1. The summed E-state index contributed by atoms with van der Waals surface area (Å²) < 4.78 is 12.3. The Morgan fingerprint density at radius 2 is 2.14 bits per heavy atom. The molecule has 2 aromatic carbocycles. The molecule has 0 saturated carbocycles. The third-order valence-corrected chi connectivity index (χ3v) is 4.03. The summed E-state index contributed by atoms with van der Waals surface area (Å²) in [6.07, 6.45) is 1.51. The number of amides is 1. The number of para-hydroxylation sites is 2. The first-order chi connectivity index (χ1) is 13.6. The number of carbonyl (C=O) groups excluding carboxylic acids is 1. The largest absolute Gasteiger partial charge is 0.493 e. The number of fused-ring (bicyclic) bond motifs is 1. The zero-order chi connectivity index (χ0) is 19.9. The molecule has 28 heavy (non-hydrogen) atoms. The van der Waals surface area contributed by atoms with Crippen LogP contribution in [-0.4, -0.2) is 35.4 Å². The molecule has 3 aromatic rings. The van der Waals surface area contributed by atoms with E-state index in [-0.39, 0.29) is 19.1 Å². The van der Waals surface area contributed by atoms with Crippen LogP contribution in [0.15, 0.2) is 47.6 Å². The number of benzene rings is 2. The second-order valence-corrected chi connectivity index (χ2v) is 5.88. The predicted octanol–water partition coefficient (Wildman–Crippen LogP) is 2.41. The summed E-state index contributed by atoms with van der Waals surface area (Å²) in [5.74, 6) is 1.44. The summed E-state index contributed by atoms with van der Waals surface area (Å²) in [5, 5.41) is 12.6. The lowest BCUT2D eigenvalue weighted by atomic mass is 10.2. The molecule has 0 atom stereocenters. The number of rotatable bonds is 7. The van der Waals surface area contributed by atoms with Gasteiger partial charge in [0.1, 0.15) is 18.4 Å². The van der Waals surface area contributed by atoms with Gasteiger partial charge in [-0.3, -0.25) is 4.79 Å². The number of ether oxygens (including phenoxy) is 2. The van der Waals surface area contributed by atoms with Crippen LogP contribution in [0, 0.1) is 18.3 Å². The first-order valence-corrected chi connectivity index (χ1v) is 8.54. The van der Waals surface area contributed by atoms with Crippen molar-refractivity contribution in [2.24, 2.45) is 5.10 Å². The van der Waals surface area contributed by atoms with Crippen molar-refractivity contribution >= 4 is 23.2 Å². The topological polar surface area (TPSA) is 102 Å². The minimum absolute atomic E-state index is 0.0673. The van der Waals surface area contributed by atoms with Gasteiger partial charge in [0.15, 0.2) is 18.1 Å². The van der Waals surface area contributed by atoms with Crippen LogP contribution in [0.3, 0.4) is 0 Å². The first-order valence-electron chi connectivity index (χ1n) is 8.54. The number of hydrazone groups is 1. The number of nitriles is 1. The normalized spacial score (nSPS) is 10.8. The van der Waals surface area contributed by atoms with Gasteiger partial charge in [-0.1, -0.05) is 12.1 Å². The Bertz CT molecular complexity index is 1070. The maximum atomic E-state index is 12.2. The van der Waals surface area contributed by atoms with Crippen molar-refractivity contribution in [2.45, 2.75) is 13.5 Å². The molecule has 1 N–H and O–H groups in total. The summed E-state index contributed by atoms with van der Waals surface area (Å²) in [6, 6.07) is 14.7. The number of hydrogen-bond donors (Lipinski definition) is 1. The van der Waals surface area contributed by atoms with E-state index >= 15 is 0 Å². The maximum absolute atomic E-state index is 12.2. The lowest BCUT2D eigenvalue weighted by Gasteiger charge is -2.08. The first kappa shape index (κ1) is 18.9. The van der Waals surface area contributed by atoms with E-state index < -0.39 is 0 Å². The van der Waals surface area contributed by atoms with Gasteiger partial charge in [-0.15, -0.1) is 0 Å². The highest BCUT2D eigenvalue weighted by Crippen LogP contribution is 2.27. The second kappa shape index (κ2) is 8.68. The Morgan fingerprint density at radius 1 is 1.32 bits per heavy atom. The molecule has 8 nitrogen and oxygen atoms in total. The van der Waals surface area contributed by atoms with Gasteiger partial charge in [0.25, 0.3) is 5.91 Å². The molecule has 0 spiro atoms. The fourth-order valence-corrected chi connectivity index (χ4v) is 2.75. The highest BCUT2D eigenvalue weighted by Gasteiger charge is 2.10. The molecule has 142 valence electrons. The lowest BCUT2D eigenvalue weighted by molar-refractivity contribution is -0.121. The van der Waals surface area contributed by atoms with E-state index in [1.165, 1.54) is 13.3 Å². The number of aromatic nitrogens is 2. The second-order valence-electron chi connectivity index (χ2n) is 5.88. The van der Waals surface area contributed by atoms with Crippen LogP contribution in [0.2, 0.25) is 0 Å². The van der Waals surface area contributed by atoms with Crippen molar-refractivity contribution in [2.75, 3.05) is 13.7 Å². The van der Waals surface area contributed by atoms with Crippen LogP contribution >= 0.6 is 0 Å². The Morgan fingerprint density at radius 3 is 2.93 bits per heavy atom. The predicted molar refractivity (Wildman–Crippen MR) is 104 cm³/mol. The molecular weight excluding hydrogens is 358 g/mol. The van der Waals surface area contributed by atoms with Crippen molar-refractivity contribution in [3.05, 3.63) is 53.9 Å². The average molecular weight is 377 g/mol. The van der Waals surface area contributed by atoms with Gasteiger partial charge in [-0.2, -0.15) is 10.4 Å². The number of nitrogens with one attached hydrogen (secondary N) is 1. The van der Waals surface area contributed by atoms with Crippen LogP contribution in [0.5, 0.6) is 11.5 Å². The lowest BCUT2D eigenvalue weighted by Crippen LogP contribution is -2.23. The summed E-state index contributed by atoms with van der Waals surface area (Å²) in [5.41, 5.74) is 4.98. The number of nitrogens with zero attached hydrogens (tertiary/aromatic N) is 4. The van der Waals surface area contributed by atoms with Gasteiger partial charge in [0.2, 0.25) is 0 Å². The standard InChI is InChI=1S/C20H19N5O3/c1-14-23-16-5-3-4-6-17(16)25(14)13-20(26)24-22-12-15-7-8-18(28-10-9-21)19(11-15)27-2/h3-8,11-12H,10,13H2,1-2H3,(H,24,26)/b22-12-. The Kier molecular flexibility index (Phi) is 5.87. The zero-order valence-corrected chi connectivity index (χ0v) is 15.5. The summed E-state index contributed by atoms with van der Waals surface area (Å²) in [4.78, 5) is 16.7. The molecule has 3 rings (SSSR count). The van der Waals surface area contributed by atoms with E-state index in [4.69, 9.17) is 14.7 Å². The average Bonchev–Trinajstić information content (AvgIpc) is 3.02. The van der Waals surface area contributed by atoms with Crippen LogP contribution in [0.1, 0.15) is 11.4 Å². The SMILES string of the molecule is COc1cc(/C=N\NC(=O)Cn2c(C)nc3ccccc32)ccc1OCC#N. The molecule has 0 aliphatic rings. The number of hydrogen-bond acceptors (Lipinski definition) is 6. The molecule has 0 unspecified atom stereocenters. The van der Waals surface area contributed by atoms with Crippen LogP contribution in [-0.2, 0) is 11.3 Å². The van der Waals surface area contributed by atoms with E-state index in [0.717, 1.165) is 16.9 Å². The highest BCUT2D eigenvalue weighted by molar-refractivity contribution is 5.84. The van der Waals surface area contributed by atoms with Gasteiger partial charge in [-0.05, 0) is 42.8 Å². The number of aryl methyl sites for hydroxylation is 1. The van der Waals surface area contributed by atoms with E-state index in [9.17, 15) is 4.79 Å². The number of carbonyl (C=O) groups is 1. The molecule has 1 heterocycles. The Balaban J connectivity index is 1.65. The van der Waals surface area contributed by atoms with E-state index in [2.05, 4.69) is 15.5 Å². The van der Waals surface area contributed by atoms with Gasteiger partial charge in [-0.25, -0.2) is 10.4 Å². The molecule has 1 aromatic heterocycles. The Hall–Kier alpha value is -3.86. The van der Waals surface area contributed by atoms with Crippen LogP contribution in [0.25, 0.3) is 11.0 Å². The van der Waals surface area contributed by atoms with Crippen molar-refractivity contribution in [1.29, 1.82) is 5.26 Å². The molecule has 1 amide bonds. The number of imidazole rings is 1. The molecule has 0 aliphatic heterocycles. The summed E-state index contributed by atoms with van der Waals surface area (Å²) in [7, 11) is 1.51. The molecular formula is C20H19N5O3. The van der Waals surface area contributed by atoms with Crippen molar-refractivity contribution in [1.82, 2.24) is 15.0 Å². The Labute approximate surface area is 162 Å². The highest BCUT2D eigenvalue weighted by atomic mass is 16.5. The quantitative estimate of drug-likeness (QED) is 0.503. The zero-order valence-electron chi connectivity index (χ0n) is 15.5. The van der Waals surface area contributed by atoms with Gasteiger partial charge < -0.3 is 14.0 Å². The van der Waals surface area contributed by atoms with Gasteiger partial charge in [0.05, 0.1) is 24.4 Å². The van der Waals surface area contributed by atoms with Crippen molar-refractivity contribution in [3.8, 4) is 17.6 Å². The fourth-order valence-electron chi connectivity index (χ4n) is 2.75. The molecule has 0 bridgehead atoms. The van der Waals surface area contributed by atoms with E-state index in [1.807, 2.05) is 41.8 Å². The molecule has 0 radical (unpaired) electrons. The molecule has 0 aliphatic carbocycles. The van der Waals surface area contributed by atoms with Gasteiger partial charge in [0, 0.05) is 0 Å². The third-order valence-electron chi connectivity index (χ3n) is 4.03.